The number of rotatable bonds is 6. The van der Waals surface area contributed by atoms with Crippen molar-refractivity contribution in [1.29, 1.82) is 0 Å². The molecule has 2 aromatic heterocycles. The second-order valence-corrected chi connectivity index (χ2v) is 6.79. The molecule has 2 amide bonds. The van der Waals surface area contributed by atoms with Crippen molar-refractivity contribution in [2.24, 2.45) is 0 Å². The molecule has 0 unspecified atom stereocenters. The molecule has 0 spiro atoms. The van der Waals surface area contributed by atoms with E-state index in [1.165, 1.54) is 12.3 Å². The third-order valence-corrected chi connectivity index (χ3v) is 4.62. The molecule has 8 nitrogen and oxygen atoms in total. The number of likely N-dealkylation sites (N-methyl/N-ethyl adjacent to an activating group) is 1. The molecule has 0 bridgehead atoms. The van der Waals surface area contributed by atoms with Crippen LogP contribution in [0.25, 0.3) is 11.4 Å². The quantitative estimate of drug-likeness (QED) is 0.561. The van der Waals surface area contributed by atoms with E-state index in [1.54, 1.807) is 12.1 Å². The number of hydrogen-bond donors (Lipinski definition) is 3. The second kappa shape index (κ2) is 8.42. The number of nitrogens with one attached hydrogen (secondary N) is 3. The van der Waals surface area contributed by atoms with Crippen molar-refractivity contribution in [2.45, 2.75) is 19.9 Å². The first-order chi connectivity index (χ1) is 15.0. The number of benzene rings is 1. The number of carbonyl (C=O) groups is 2. The molecule has 31 heavy (non-hydrogen) atoms. The number of amides is 2. The fourth-order valence-corrected chi connectivity index (χ4v) is 3.20. The van der Waals surface area contributed by atoms with Crippen LogP contribution >= 0.6 is 0 Å². The molecular weight excluding hydrogens is 406 g/mol. The molecule has 0 saturated heterocycles. The minimum atomic E-state index is -0.806. The molecular formula is C21H18F2N6O2. The monoisotopic (exact) mass is 424 g/mol. The van der Waals surface area contributed by atoms with Crippen molar-refractivity contribution in [2.75, 3.05) is 11.9 Å². The number of aromatic nitrogens is 3. The number of anilines is 2. The Bertz CT molecular complexity index is 1150. The van der Waals surface area contributed by atoms with Gasteiger partial charge in [-0.2, -0.15) is 0 Å². The van der Waals surface area contributed by atoms with Gasteiger partial charge in [-0.1, -0.05) is 6.07 Å². The number of halogens is 2. The van der Waals surface area contributed by atoms with Crippen LogP contribution in [0.5, 0.6) is 0 Å². The van der Waals surface area contributed by atoms with Crippen LogP contribution in [0.3, 0.4) is 0 Å². The Morgan fingerprint density at radius 1 is 1.13 bits per heavy atom. The minimum absolute atomic E-state index is 0.107. The number of fused-ring (bicyclic) bond motifs is 1. The van der Waals surface area contributed by atoms with Gasteiger partial charge in [0.1, 0.15) is 23.0 Å². The van der Waals surface area contributed by atoms with Crippen molar-refractivity contribution < 1.29 is 18.4 Å². The molecule has 0 fully saturated rings. The van der Waals surface area contributed by atoms with Crippen molar-refractivity contribution in [3.05, 3.63) is 65.1 Å². The smallest absolute Gasteiger partial charge is 0.257 e. The summed E-state index contributed by atoms with van der Waals surface area (Å²) in [6, 6.07) is 6.81. The summed E-state index contributed by atoms with van der Waals surface area (Å²) in [5.74, 6) is -2.21. The molecule has 0 saturated carbocycles. The van der Waals surface area contributed by atoms with Gasteiger partial charge < -0.3 is 16.0 Å². The molecule has 3 aromatic rings. The molecule has 10 heteroatoms. The summed E-state index contributed by atoms with van der Waals surface area (Å²) in [6.45, 7) is 2.48. The van der Waals surface area contributed by atoms with Gasteiger partial charge in [0.25, 0.3) is 5.91 Å². The van der Waals surface area contributed by atoms with E-state index in [1.807, 2.05) is 6.92 Å². The predicted molar refractivity (Wildman–Crippen MR) is 108 cm³/mol. The summed E-state index contributed by atoms with van der Waals surface area (Å²) in [5, 5.41) is 8.30. The van der Waals surface area contributed by atoms with Gasteiger partial charge in [-0.15, -0.1) is 0 Å². The zero-order valence-corrected chi connectivity index (χ0v) is 16.5. The van der Waals surface area contributed by atoms with E-state index in [0.29, 0.717) is 23.6 Å². The van der Waals surface area contributed by atoms with Crippen LogP contribution in [0.4, 0.5) is 20.3 Å². The molecule has 0 atom stereocenters. The molecule has 0 radical (unpaired) electrons. The first-order valence-electron chi connectivity index (χ1n) is 9.58. The molecule has 1 aliphatic heterocycles. The van der Waals surface area contributed by atoms with Crippen molar-refractivity contribution in [1.82, 2.24) is 25.6 Å². The van der Waals surface area contributed by atoms with Crippen LogP contribution in [0.1, 0.15) is 28.7 Å². The van der Waals surface area contributed by atoms with E-state index >= 15 is 0 Å². The highest BCUT2D eigenvalue weighted by Gasteiger charge is 2.28. The van der Waals surface area contributed by atoms with Gasteiger partial charge in [-0.25, -0.2) is 18.7 Å². The first kappa shape index (κ1) is 20.3. The third-order valence-electron chi connectivity index (χ3n) is 4.62. The average Bonchev–Trinajstić information content (AvgIpc) is 3.11. The Morgan fingerprint density at radius 2 is 1.90 bits per heavy atom. The number of nitrogens with zero attached hydrogens (tertiary/aromatic N) is 3. The van der Waals surface area contributed by atoms with Gasteiger partial charge >= 0.3 is 0 Å². The normalized spacial score (nSPS) is 12.3. The van der Waals surface area contributed by atoms with Gasteiger partial charge in [0.2, 0.25) is 5.91 Å². The Morgan fingerprint density at radius 3 is 2.58 bits per heavy atom. The van der Waals surface area contributed by atoms with Gasteiger partial charge in [-0.05, 0) is 31.2 Å². The van der Waals surface area contributed by atoms with E-state index in [4.69, 9.17) is 0 Å². The van der Waals surface area contributed by atoms with Crippen LogP contribution in [-0.4, -0.2) is 33.3 Å². The zero-order valence-electron chi connectivity index (χ0n) is 16.5. The zero-order chi connectivity index (χ0) is 22.0. The Labute approximate surface area is 176 Å². The highest BCUT2D eigenvalue weighted by molar-refractivity contribution is 6.03. The topological polar surface area (TPSA) is 109 Å². The lowest BCUT2D eigenvalue weighted by atomic mass is 10.1. The van der Waals surface area contributed by atoms with Crippen LogP contribution in [0.15, 0.2) is 36.5 Å². The molecule has 158 valence electrons. The summed E-state index contributed by atoms with van der Waals surface area (Å²) in [6.07, 6.45) is 1.62. The van der Waals surface area contributed by atoms with Gasteiger partial charge in [-0.3, -0.25) is 14.6 Å². The molecule has 0 aliphatic carbocycles. The van der Waals surface area contributed by atoms with Gasteiger partial charge in [0.05, 0.1) is 36.1 Å². The van der Waals surface area contributed by atoms with Gasteiger partial charge in [0, 0.05) is 12.2 Å². The summed E-state index contributed by atoms with van der Waals surface area (Å²) in [4.78, 5) is 36.6. The number of hydrogen-bond acceptors (Lipinski definition) is 6. The van der Waals surface area contributed by atoms with Crippen LogP contribution < -0.4 is 16.0 Å². The van der Waals surface area contributed by atoms with Crippen molar-refractivity contribution in [3.63, 3.8) is 0 Å². The highest BCUT2D eigenvalue weighted by Crippen LogP contribution is 2.30. The first-order valence-corrected chi connectivity index (χ1v) is 9.58. The lowest BCUT2D eigenvalue weighted by Crippen LogP contribution is -2.24. The summed E-state index contributed by atoms with van der Waals surface area (Å²) >= 11 is 0. The molecule has 1 aliphatic rings. The van der Waals surface area contributed by atoms with Crippen LogP contribution in [0.2, 0.25) is 0 Å². The van der Waals surface area contributed by atoms with Gasteiger partial charge in [0.15, 0.2) is 5.82 Å². The van der Waals surface area contributed by atoms with Crippen molar-refractivity contribution in [3.8, 4) is 11.4 Å². The minimum Gasteiger partial charge on any atom is -0.356 e. The second-order valence-electron chi connectivity index (χ2n) is 6.79. The van der Waals surface area contributed by atoms with E-state index in [-0.39, 0.29) is 47.5 Å². The maximum Gasteiger partial charge on any atom is 0.257 e. The van der Waals surface area contributed by atoms with E-state index in [2.05, 4.69) is 30.9 Å². The Balaban J connectivity index is 1.67. The molecule has 3 heterocycles. The lowest BCUT2D eigenvalue weighted by molar-refractivity contribution is -0.120. The Hall–Kier alpha value is -3.95. The molecule has 4 rings (SSSR count). The fraction of sp³-hybridized carbons (Fsp3) is 0.190. The number of pyridine rings is 1. The molecule has 3 N–H and O–H groups in total. The maximum absolute atomic E-state index is 14.3. The molecule has 1 aromatic carbocycles. The van der Waals surface area contributed by atoms with Crippen LogP contribution in [0, 0.1) is 11.6 Å². The average molecular weight is 424 g/mol. The maximum atomic E-state index is 14.3. The van der Waals surface area contributed by atoms with E-state index in [0.717, 1.165) is 12.1 Å². The summed E-state index contributed by atoms with van der Waals surface area (Å²) < 4.78 is 28.5. The number of carbonyl (C=O) groups excluding carboxylic acids is 2. The summed E-state index contributed by atoms with van der Waals surface area (Å²) in [7, 11) is 0. The Kier molecular flexibility index (Phi) is 5.52. The standard InChI is InChI=1S/C21H18F2N6O2/c1-2-24-16(30)8-11-6-7-12(9-25-11)27-20-18-15(10-26-21(18)31)28-19(29-20)17-13(22)4-3-5-14(17)23/h3-7,9H,2,8,10H2,1H3,(H,24,30)(H,26,31)(H,27,28,29). The fourth-order valence-electron chi connectivity index (χ4n) is 3.20. The van der Waals surface area contributed by atoms with E-state index in [9.17, 15) is 18.4 Å². The van der Waals surface area contributed by atoms with E-state index < -0.39 is 11.6 Å². The SMILES string of the molecule is CCNC(=O)Cc1ccc(Nc2nc(-c3c(F)cccc3F)nc3c2C(=O)NC3)cn1. The highest BCUT2D eigenvalue weighted by atomic mass is 19.1. The third kappa shape index (κ3) is 4.18. The largest absolute Gasteiger partial charge is 0.356 e. The van der Waals surface area contributed by atoms with Crippen LogP contribution in [-0.2, 0) is 17.8 Å². The van der Waals surface area contributed by atoms with Crippen molar-refractivity contribution >= 4 is 23.3 Å². The predicted octanol–water partition coefficient (Wildman–Crippen LogP) is 2.48. The lowest BCUT2D eigenvalue weighted by Gasteiger charge is -2.12. The summed E-state index contributed by atoms with van der Waals surface area (Å²) in [5.41, 5.74) is 1.22.